The molecule has 2 aromatic carbocycles. The van der Waals surface area contributed by atoms with E-state index in [4.69, 9.17) is 19.2 Å². The maximum atomic E-state index is 13.4. The predicted octanol–water partition coefficient (Wildman–Crippen LogP) is 4.94. The number of rotatable bonds is 9. The summed E-state index contributed by atoms with van der Waals surface area (Å²) in [5, 5.41) is 0.641. The van der Waals surface area contributed by atoms with Crippen LogP contribution >= 0.6 is 11.8 Å². The zero-order valence-electron chi connectivity index (χ0n) is 20.0. The molecule has 34 heavy (non-hydrogen) atoms. The highest BCUT2D eigenvalue weighted by atomic mass is 32.2. The zero-order valence-corrected chi connectivity index (χ0v) is 20.8. The number of amides is 1. The van der Waals surface area contributed by atoms with E-state index in [-0.39, 0.29) is 5.91 Å². The Bertz CT molecular complexity index is 1070. The average Bonchev–Trinajstić information content (AvgIpc) is 3.49. The zero-order chi connectivity index (χ0) is 23.9. The Morgan fingerprint density at radius 1 is 1.06 bits per heavy atom. The van der Waals surface area contributed by atoms with Gasteiger partial charge in [-0.25, -0.2) is 4.99 Å². The Balaban J connectivity index is 1.68. The van der Waals surface area contributed by atoms with Crippen molar-refractivity contribution in [3.8, 4) is 11.5 Å². The second kappa shape index (κ2) is 11.4. The molecule has 8 heteroatoms. The molecule has 0 N–H and O–H groups in total. The summed E-state index contributed by atoms with van der Waals surface area (Å²) in [6.45, 7) is 5.44. The van der Waals surface area contributed by atoms with Crippen LogP contribution in [0.15, 0.2) is 52.4 Å². The molecule has 7 nitrogen and oxygen atoms in total. The first kappa shape index (κ1) is 24.2. The lowest BCUT2D eigenvalue weighted by Gasteiger charge is -2.22. The summed E-state index contributed by atoms with van der Waals surface area (Å²) >= 11 is 1.36. The normalized spacial score (nSPS) is 18.4. The van der Waals surface area contributed by atoms with Crippen LogP contribution in [-0.4, -0.2) is 63.0 Å². The highest BCUT2D eigenvalue weighted by Gasteiger charge is 2.33. The van der Waals surface area contributed by atoms with Crippen LogP contribution in [0, 0.1) is 0 Å². The van der Waals surface area contributed by atoms with Gasteiger partial charge in [-0.3, -0.25) is 9.69 Å². The molecule has 0 radical (unpaired) electrons. The smallest absolute Gasteiger partial charge is 0.266 e. The molecule has 4 rings (SSSR count). The summed E-state index contributed by atoms with van der Waals surface area (Å²) in [6, 6.07) is 13.6. The number of hydrogen-bond acceptors (Lipinski definition) is 7. The number of methoxy groups -OCH3 is 2. The fourth-order valence-corrected chi connectivity index (χ4v) is 5.08. The monoisotopic (exact) mass is 481 g/mol. The molecule has 2 aliphatic heterocycles. The fourth-order valence-electron chi connectivity index (χ4n) is 4.07. The summed E-state index contributed by atoms with van der Waals surface area (Å²) in [6.07, 6.45) is 4.20. The molecule has 0 saturated carbocycles. The molecular formula is C26H31N3O4S. The molecule has 1 amide bonds. The average molecular weight is 482 g/mol. The van der Waals surface area contributed by atoms with Gasteiger partial charge in [0.2, 0.25) is 0 Å². The minimum atomic E-state index is -0.0935. The van der Waals surface area contributed by atoms with Crippen LogP contribution in [0.2, 0.25) is 0 Å². The molecular weight excluding hydrogens is 450 g/mol. The molecule has 2 fully saturated rings. The van der Waals surface area contributed by atoms with Gasteiger partial charge in [0, 0.05) is 31.3 Å². The van der Waals surface area contributed by atoms with E-state index < -0.39 is 0 Å². The van der Waals surface area contributed by atoms with Gasteiger partial charge in [0.05, 0.1) is 43.7 Å². The number of amidine groups is 1. The number of ether oxygens (including phenoxy) is 3. The first-order valence-corrected chi connectivity index (χ1v) is 12.4. The molecule has 0 bridgehead atoms. The third-order valence-corrected chi connectivity index (χ3v) is 6.80. The third kappa shape index (κ3) is 5.39. The molecule has 0 atom stereocenters. The second-order valence-electron chi connectivity index (χ2n) is 7.95. The number of carbonyl (C=O) groups is 1. The van der Waals surface area contributed by atoms with Gasteiger partial charge in [-0.05, 0) is 55.8 Å². The van der Waals surface area contributed by atoms with Crippen molar-refractivity contribution in [3.05, 3.63) is 52.9 Å². The summed E-state index contributed by atoms with van der Waals surface area (Å²) < 4.78 is 16.9. The number of para-hydroxylation sites is 1. The van der Waals surface area contributed by atoms with Crippen LogP contribution in [0.3, 0.4) is 0 Å². The van der Waals surface area contributed by atoms with Gasteiger partial charge in [-0.1, -0.05) is 18.2 Å². The van der Waals surface area contributed by atoms with Gasteiger partial charge >= 0.3 is 0 Å². The summed E-state index contributed by atoms with van der Waals surface area (Å²) in [4.78, 5) is 22.7. The quantitative estimate of drug-likeness (QED) is 0.373. The Morgan fingerprint density at radius 2 is 1.79 bits per heavy atom. The number of nitrogens with zero attached hydrogens (tertiary/aromatic N) is 3. The van der Waals surface area contributed by atoms with Crippen molar-refractivity contribution < 1.29 is 19.0 Å². The highest BCUT2D eigenvalue weighted by molar-refractivity contribution is 8.18. The van der Waals surface area contributed by atoms with Crippen LogP contribution in [-0.2, 0) is 9.53 Å². The van der Waals surface area contributed by atoms with Gasteiger partial charge in [-0.2, -0.15) is 0 Å². The molecule has 0 aliphatic carbocycles. The Kier molecular flexibility index (Phi) is 8.13. The van der Waals surface area contributed by atoms with E-state index in [9.17, 15) is 4.79 Å². The Hall–Kier alpha value is -2.97. The van der Waals surface area contributed by atoms with Crippen LogP contribution in [0.5, 0.6) is 11.5 Å². The molecule has 0 unspecified atom stereocenters. The van der Waals surface area contributed by atoms with Crippen molar-refractivity contribution in [3.63, 3.8) is 0 Å². The first-order valence-electron chi connectivity index (χ1n) is 11.6. The van der Waals surface area contributed by atoms with Crippen LogP contribution in [0.25, 0.3) is 6.08 Å². The summed E-state index contributed by atoms with van der Waals surface area (Å²) in [5.41, 5.74) is 2.62. The minimum absolute atomic E-state index is 0.0935. The second-order valence-corrected chi connectivity index (χ2v) is 8.96. The largest absolute Gasteiger partial charge is 0.496 e. The van der Waals surface area contributed by atoms with E-state index in [2.05, 4.69) is 4.90 Å². The van der Waals surface area contributed by atoms with Gasteiger partial charge in [0.25, 0.3) is 5.91 Å². The number of thioether (sulfide) groups is 1. The van der Waals surface area contributed by atoms with Crippen LogP contribution in [0.1, 0.15) is 25.3 Å². The van der Waals surface area contributed by atoms with Crippen LogP contribution < -0.4 is 14.4 Å². The maximum absolute atomic E-state index is 13.4. The van der Waals surface area contributed by atoms with E-state index in [1.165, 1.54) is 24.6 Å². The molecule has 180 valence electrons. The van der Waals surface area contributed by atoms with E-state index in [0.717, 1.165) is 35.8 Å². The maximum Gasteiger partial charge on any atom is 0.266 e. The molecule has 0 spiro atoms. The van der Waals surface area contributed by atoms with Crippen molar-refractivity contribution in [1.29, 1.82) is 0 Å². The van der Waals surface area contributed by atoms with Crippen molar-refractivity contribution in [1.82, 2.24) is 4.90 Å². The van der Waals surface area contributed by atoms with Gasteiger partial charge in [-0.15, -0.1) is 0 Å². The molecule has 2 aliphatic rings. The predicted molar refractivity (Wildman–Crippen MR) is 138 cm³/mol. The van der Waals surface area contributed by atoms with Gasteiger partial charge < -0.3 is 19.1 Å². The van der Waals surface area contributed by atoms with E-state index in [1.54, 1.807) is 19.1 Å². The van der Waals surface area contributed by atoms with E-state index in [1.807, 2.05) is 55.5 Å². The Labute approximate surface area is 205 Å². The third-order valence-electron chi connectivity index (χ3n) is 5.80. The lowest BCUT2D eigenvalue weighted by atomic mass is 10.1. The van der Waals surface area contributed by atoms with E-state index in [0.29, 0.717) is 35.6 Å². The minimum Gasteiger partial charge on any atom is -0.496 e. The fraction of sp³-hybridized carbons (Fsp3) is 0.385. The lowest BCUT2D eigenvalue weighted by molar-refractivity contribution is -0.122. The number of anilines is 1. The highest BCUT2D eigenvalue weighted by Crippen LogP contribution is 2.40. The molecule has 2 heterocycles. The van der Waals surface area contributed by atoms with E-state index >= 15 is 0 Å². The van der Waals surface area contributed by atoms with Crippen molar-refractivity contribution in [2.24, 2.45) is 4.99 Å². The summed E-state index contributed by atoms with van der Waals surface area (Å²) in [5.74, 6) is 1.39. The first-order chi connectivity index (χ1) is 16.6. The number of hydrogen-bond donors (Lipinski definition) is 0. The molecule has 0 aromatic heterocycles. The Morgan fingerprint density at radius 3 is 2.47 bits per heavy atom. The van der Waals surface area contributed by atoms with Crippen LogP contribution in [0.4, 0.5) is 11.4 Å². The van der Waals surface area contributed by atoms with Crippen molar-refractivity contribution in [2.45, 2.75) is 19.8 Å². The van der Waals surface area contributed by atoms with Gasteiger partial charge in [0.15, 0.2) is 5.17 Å². The van der Waals surface area contributed by atoms with Crippen molar-refractivity contribution >= 4 is 40.3 Å². The topological polar surface area (TPSA) is 63.6 Å². The number of carbonyl (C=O) groups excluding carboxylic acids is 1. The molecule has 2 aromatic rings. The van der Waals surface area contributed by atoms with Gasteiger partial charge in [0.1, 0.15) is 11.5 Å². The number of benzene rings is 2. The summed E-state index contributed by atoms with van der Waals surface area (Å²) in [7, 11) is 3.33. The lowest BCUT2D eigenvalue weighted by Crippen LogP contribution is -2.32. The molecule has 2 saturated heterocycles. The number of aliphatic imine (C=N–C) groups is 1. The van der Waals surface area contributed by atoms with Crippen molar-refractivity contribution in [2.75, 3.05) is 52.0 Å². The standard InChI is InChI=1S/C26H31N3O4S/c1-4-33-15-14-29-25(30)24(34-26(29)27-20-10-6-5-7-11-20)17-19-16-23(32-3)21(18-22(19)31-2)28-12-8-9-13-28/h5-7,10-11,16-18H,4,8-9,12-15H2,1-3H3/b24-17-,27-26?. The SMILES string of the molecule is CCOCCN1C(=O)/C(=C/c2cc(OC)c(N3CCCC3)cc2OC)SC1=Nc1ccccc1.